The van der Waals surface area contributed by atoms with Gasteiger partial charge in [0.25, 0.3) is 0 Å². The smallest absolute Gasteiger partial charge is 0.0918 e. The molecule has 0 aliphatic rings. The van der Waals surface area contributed by atoms with Crippen LogP contribution in [-0.4, -0.2) is 19.6 Å². The largest absolute Gasteiger partial charge is 0.324 e. The molecular formula is C16H21N5. The van der Waals surface area contributed by atoms with E-state index in [0.29, 0.717) is 6.54 Å². The van der Waals surface area contributed by atoms with E-state index in [0.717, 1.165) is 28.2 Å². The van der Waals surface area contributed by atoms with E-state index < -0.39 is 0 Å². The molecule has 3 aromatic rings. The van der Waals surface area contributed by atoms with Crippen LogP contribution in [0.4, 0.5) is 0 Å². The summed E-state index contributed by atoms with van der Waals surface area (Å²) in [6.45, 7) is 6.75. The molecule has 0 amide bonds. The van der Waals surface area contributed by atoms with Crippen LogP contribution in [0, 0.1) is 13.8 Å². The summed E-state index contributed by atoms with van der Waals surface area (Å²) in [7, 11) is 1.97. The van der Waals surface area contributed by atoms with E-state index in [1.54, 1.807) is 0 Å². The number of hydrogen-bond acceptors (Lipinski definition) is 3. The molecule has 0 saturated carbocycles. The minimum atomic E-state index is -0.000716. The van der Waals surface area contributed by atoms with Crippen molar-refractivity contribution in [2.45, 2.75) is 33.4 Å². The summed E-state index contributed by atoms with van der Waals surface area (Å²) in [5.74, 6) is 0. The lowest BCUT2D eigenvalue weighted by atomic mass is 10.1. The predicted octanol–water partition coefficient (Wildman–Crippen LogP) is 2.45. The maximum Gasteiger partial charge on any atom is 0.0918 e. The fraction of sp³-hybridized carbons (Fsp3) is 0.375. The monoisotopic (exact) mass is 283 g/mol. The molecule has 0 aliphatic heterocycles. The van der Waals surface area contributed by atoms with Crippen molar-refractivity contribution in [1.82, 2.24) is 19.6 Å². The van der Waals surface area contributed by atoms with E-state index in [9.17, 15) is 0 Å². The van der Waals surface area contributed by atoms with E-state index in [4.69, 9.17) is 5.73 Å². The van der Waals surface area contributed by atoms with Crippen LogP contribution in [0.15, 0.2) is 24.3 Å². The van der Waals surface area contributed by atoms with Gasteiger partial charge in [-0.3, -0.25) is 9.36 Å². The second-order valence-corrected chi connectivity index (χ2v) is 5.62. The summed E-state index contributed by atoms with van der Waals surface area (Å²) < 4.78 is 3.92. The average molecular weight is 283 g/mol. The van der Waals surface area contributed by atoms with Crippen molar-refractivity contribution < 1.29 is 0 Å². The van der Waals surface area contributed by atoms with Crippen molar-refractivity contribution in [2.24, 2.45) is 12.8 Å². The van der Waals surface area contributed by atoms with E-state index in [1.165, 1.54) is 5.39 Å². The maximum atomic E-state index is 6.04. The van der Waals surface area contributed by atoms with Crippen LogP contribution in [0.3, 0.4) is 0 Å². The predicted molar refractivity (Wildman–Crippen MR) is 84.1 cm³/mol. The number of aryl methyl sites for hydroxylation is 2. The van der Waals surface area contributed by atoms with Gasteiger partial charge in [0.15, 0.2) is 0 Å². The highest BCUT2D eigenvalue weighted by Gasteiger charge is 2.16. The molecule has 2 heterocycles. The summed E-state index contributed by atoms with van der Waals surface area (Å²) in [5, 5.41) is 10.4. The quantitative estimate of drug-likeness (QED) is 0.803. The first-order valence-corrected chi connectivity index (χ1v) is 7.19. The molecule has 2 aromatic heterocycles. The Balaban J connectivity index is 2.05. The third-order valence-electron chi connectivity index (χ3n) is 4.03. The number of fused-ring (bicyclic) bond motifs is 1. The first kappa shape index (κ1) is 13.8. The Kier molecular flexibility index (Phi) is 3.29. The molecular weight excluding hydrogens is 262 g/mol. The van der Waals surface area contributed by atoms with Crippen molar-refractivity contribution >= 4 is 10.9 Å². The van der Waals surface area contributed by atoms with Crippen LogP contribution in [0.5, 0.6) is 0 Å². The molecule has 21 heavy (non-hydrogen) atoms. The topological polar surface area (TPSA) is 61.7 Å². The SMILES string of the molecule is Cc1nn(Cc2nn(C)c3ccccc23)c(C)c1C(C)N. The molecule has 1 atom stereocenters. The van der Waals surface area contributed by atoms with Gasteiger partial charge >= 0.3 is 0 Å². The molecule has 2 N–H and O–H groups in total. The van der Waals surface area contributed by atoms with Crippen molar-refractivity contribution in [2.75, 3.05) is 0 Å². The number of hydrogen-bond donors (Lipinski definition) is 1. The van der Waals surface area contributed by atoms with Crippen molar-refractivity contribution in [1.29, 1.82) is 0 Å². The van der Waals surface area contributed by atoms with Crippen molar-refractivity contribution in [3.63, 3.8) is 0 Å². The van der Waals surface area contributed by atoms with E-state index in [2.05, 4.69) is 29.3 Å². The number of nitrogens with two attached hydrogens (primary N) is 1. The lowest BCUT2D eigenvalue weighted by Gasteiger charge is -2.06. The minimum absolute atomic E-state index is 0.000716. The van der Waals surface area contributed by atoms with Gasteiger partial charge in [0.1, 0.15) is 0 Å². The molecule has 1 aromatic carbocycles. The molecule has 0 bridgehead atoms. The second kappa shape index (κ2) is 5.00. The van der Waals surface area contributed by atoms with Gasteiger partial charge in [0.05, 0.1) is 23.4 Å². The van der Waals surface area contributed by atoms with Crippen molar-refractivity contribution in [3.05, 3.63) is 46.9 Å². The van der Waals surface area contributed by atoms with E-state index in [-0.39, 0.29) is 6.04 Å². The third-order valence-corrected chi connectivity index (χ3v) is 4.03. The minimum Gasteiger partial charge on any atom is -0.324 e. The Labute approximate surface area is 124 Å². The first-order chi connectivity index (χ1) is 9.99. The standard InChI is InChI=1S/C16H21N5/c1-10(17)16-11(2)18-21(12(16)3)9-14-13-7-5-6-8-15(13)20(4)19-14/h5-8,10H,9,17H2,1-4H3. The molecule has 0 radical (unpaired) electrons. The zero-order chi connectivity index (χ0) is 15.1. The van der Waals surface area contributed by atoms with E-state index in [1.807, 2.05) is 42.4 Å². The molecule has 0 spiro atoms. The van der Waals surface area contributed by atoms with Gasteiger partial charge in [-0.1, -0.05) is 18.2 Å². The molecule has 110 valence electrons. The lowest BCUT2D eigenvalue weighted by Crippen LogP contribution is -2.09. The number of nitrogens with zero attached hydrogens (tertiary/aromatic N) is 4. The van der Waals surface area contributed by atoms with Crippen molar-refractivity contribution in [3.8, 4) is 0 Å². The molecule has 1 unspecified atom stereocenters. The van der Waals surface area contributed by atoms with Gasteiger partial charge in [0, 0.05) is 29.7 Å². The van der Waals surface area contributed by atoms with Crippen LogP contribution in [-0.2, 0) is 13.6 Å². The Morgan fingerprint density at radius 2 is 1.90 bits per heavy atom. The van der Waals surface area contributed by atoms with Gasteiger partial charge in [-0.25, -0.2) is 0 Å². The first-order valence-electron chi connectivity index (χ1n) is 7.19. The number of para-hydroxylation sites is 1. The number of aromatic nitrogens is 4. The Morgan fingerprint density at radius 1 is 1.19 bits per heavy atom. The Hall–Kier alpha value is -2.14. The summed E-state index contributed by atoms with van der Waals surface area (Å²) in [4.78, 5) is 0. The fourth-order valence-electron chi connectivity index (χ4n) is 3.07. The van der Waals surface area contributed by atoms with Crippen LogP contribution in [0.1, 0.15) is 35.6 Å². The fourth-order valence-corrected chi connectivity index (χ4v) is 3.07. The van der Waals surface area contributed by atoms with Gasteiger partial charge in [0.2, 0.25) is 0 Å². The summed E-state index contributed by atoms with van der Waals surface area (Å²) in [6, 6.07) is 8.27. The van der Waals surface area contributed by atoms with Crippen LogP contribution < -0.4 is 5.73 Å². The Bertz CT molecular complexity index is 794. The molecule has 3 rings (SSSR count). The molecule has 0 saturated heterocycles. The Morgan fingerprint density at radius 3 is 2.57 bits per heavy atom. The zero-order valence-corrected chi connectivity index (χ0v) is 13.0. The average Bonchev–Trinajstić information content (AvgIpc) is 2.89. The molecule has 5 heteroatoms. The van der Waals surface area contributed by atoms with E-state index >= 15 is 0 Å². The highest BCUT2D eigenvalue weighted by molar-refractivity contribution is 5.81. The zero-order valence-electron chi connectivity index (χ0n) is 13.0. The highest BCUT2D eigenvalue weighted by Crippen LogP contribution is 2.22. The van der Waals surface area contributed by atoms with Gasteiger partial charge in [-0.15, -0.1) is 0 Å². The number of rotatable bonds is 3. The normalized spacial score (nSPS) is 13.0. The number of benzene rings is 1. The van der Waals surface area contributed by atoms with Gasteiger partial charge < -0.3 is 5.73 Å². The van der Waals surface area contributed by atoms with Crippen LogP contribution >= 0.6 is 0 Å². The second-order valence-electron chi connectivity index (χ2n) is 5.62. The molecule has 5 nitrogen and oxygen atoms in total. The van der Waals surface area contributed by atoms with Crippen LogP contribution in [0.2, 0.25) is 0 Å². The summed E-state index contributed by atoms with van der Waals surface area (Å²) in [5.41, 5.74) is 11.5. The molecule has 0 aliphatic carbocycles. The van der Waals surface area contributed by atoms with Gasteiger partial charge in [-0.05, 0) is 26.8 Å². The highest BCUT2D eigenvalue weighted by atomic mass is 15.3. The van der Waals surface area contributed by atoms with Gasteiger partial charge in [-0.2, -0.15) is 10.2 Å². The third kappa shape index (κ3) is 2.23. The molecule has 0 fully saturated rings. The summed E-state index contributed by atoms with van der Waals surface area (Å²) in [6.07, 6.45) is 0. The van der Waals surface area contributed by atoms with Crippen LogP contribution in [0.25, 0.3) is 10.9 Å². The maximum absolute atomic E-state index is 6.04. The summed E-state index contributed by atoms with van der Waals surface area (Å²) >= 11 is 0. The lowest BCUT2D eigenvalue weighted by molar-refractivity contribution is 0.632.